The fourth-order valence-corrected chi connectivity index (χ4v) is 3.50. The van der Waals surface area contributed by atoms with E-state index in [1.54, 1.807) is 6.07 Å². The Bertz CT molecular complexity index is 911. The molecule has 0 radical (unpaired) electrons. The number of ether oxygens (including phenoxy) is 4. The van der Waals surface area contributed by atoms with Crippen molar-refractivity contribution in [2.75, 3.05) is 13.2 Å². The van der Waals surface area contributed by atoms with Crippen LogP contribution in [0.2, 0.25) is 0 Å². The summed E-state index contributed by atoms with van der Waals surface area (Å²) in [5, 5.41) is 0. The molecule has 0 atom stereocenters. The Morgan fingerprint density at radius 2 is 1.81 bits per heavy atom. The molecule has 0 aromatic heterocycles. The summed E-state index contributed by atoms with van der Waals surface area (Å²) >= 11 is 0. The van der Waals surface area contributed by atoms with Crippen molar-refractivity contribution in [2.24, 2.45) is 0 Å². The van der Waals surface area contributed by atoms with Gasteiger partial charge >= 0.3 is 5.97 Å². The van der Waals surface area contributed by atoms with Crippen molar-refractivity contribution in [1.29, 1.82) is 0 Å². The number of halogens is 1. The number of rotatable bonds is 7. The standard InChI is InChI=1S/C25H31FO5/c1-16(2)19-9-10-20(23(26)22(19)24-28-11-12-29-24)30-15-18-8-6-7-17(13-18)14-21(27)31-25(3,4)5/h6-10,13,16,24H,11-12,14-15H2,1-5H3. The van der Waals surface area contributed by atoms with E-state index in [-0.39, 0.29) is 30.7 Å². The fraction of sp³-hybridized carbons (Fsp3) is 0.480. The van der Waals surface area contributed by atoms with Gasteiger partial charge < -0.3 is 18.9 Å². The first-order valence-corrected chi connectivity index (χ1v) is 10.6. The van der Waals surface area contributed by atoms with Gasteiger partial charge in [0.15, 0.2) is 17.9 Å². The maximum Gasteiger partial charge on any atom is 0.310 e. The average Bonchev–Trinajstić information content (AvgIpc) is 3.19. The van der Waals surface area contributed by atoms with Crippen LogP contribution in [0.4, 0.5) is 4.39 Å². The quantitative estimate of drug-likeness (QED) is 0.546. The van der Waals surface area contributed by atoms with Crippen molar-refractivity contribution in [2.45, 2.75) is 65.5 Å². The second-order valence-electron chi connectivity index (χ2n) is 8.98. The molecule has 1 aliphatic rings. The van der Waals surface area contributed by atoms with Crippen LogP contribution >= 0.6 is 0 Å². The Morgan fingerprint density at radius 1 is 1.13 bits per heavy atom. The van der Waals surface area contributed by atoms with Gasteiger partial charge in [-0.1, -0.05) is 44.2 Å². The Balaban J connectivity index is 1.73. The van der Waals surface area contributed by atoms with E-state index in [1.165, 1.54) is 0 Å². The van der Waals surface area contributed by atoms with Crippen LogP contribution in [0.5, 0.6) is 5.75 Å². The minimum atomic E-state index is -0.710. The lowest BCUT2D eigenvalue weighted by Crippen LogP contribution is -2.24. The third-order valence-electron chi connectivity index (χ3n) is 4.81. The highest BCUT2D eigenvalue weighted by atomic mass is 19.1. The predicted octanol–water partition coefficient (Wildman–Crippen LogP) is 5.46. The molecule has 3 rings (SSSR count). The molecule has 0 amide bonds. The largest absolute Gasteiger partial charge is 0.486 e. The van der Waals surface area contributed by atoms with E-state index in [0.29, 0.717) is 18.8 Å². The lowest BCUT2D eigenvalue weighted by atomic mass is 9.96. The Kier molecular flexibility index (Phi) is 7.34. The number of hydrogen-bond donors (Lipinski definition) is 0. The molecule has 0 bridgehead atoms. The molecule has 31 heavy (non-hydrogen) atoms. The van der Waals surface area contributed by atoms with Crippen molar-refractivity contribution in [1.82, 2.24) is 0 Å². The predicted molar refractivity (Wildman–Crippen MR) is 115 cm³/mol. The molecule has 0 N–H and O–H groups in total. The Hall–Kier alpha value is -2.44. The lowest BCUT2D eigenvalue weighted by molar-refractivity contribution is -0.153. The highest BCUT2D eigenvalue weighted by Gasteiger charge is 2.28. The first-order valence-electron chi connectivity index (χ1n) is 10.6. The number of esters is 1. The lowest BCUT2D eigenvalue weighted by Gasteiger charge is -2.20. The molecule has 1 heterocycles. The van der Waals surface area contributed by atoms with Crippen molar-refractivity contribution in [3.63, 3.8) is 0 Å². The maximum absolute atomic E-state index is 15.3. The molecule has 168 valence electrons. The Morgan fingerprint density at radius 3 is 2.45 bits per heavy atom. The summed E-state index contributed by atoms with van der Waals surface area (Å²) < 4.78 is 37.6. The van der Waals surface area contributed by atoms with E-state index in [4.69, 9.17) is 18.9 Å². The van der Waals surface area contributed by atoms with Gasteiger partial charge in [0.05, 0.1) is 25.2 Å². The van der Waals surface area contributed by atoms with Crippen molar-refractivity contribution in [3.8, 4) is 5.75 Å². The highest BCUT2D eigenvalue weighted by Crippen LogP contribution is 2.36. The van der Waals surface area contributed by atoms with Gasteiger partial charge in [-0.05, 0) is 49.4 Å². The molecular weight excluding hydrogens is 399 g/mol. The summed E-state index contributed by atoms with van der Waals surface area (Å²) in [7, 11) is 0. The van der Waals surface area contributed by atoms with E-state index in [9.17, 15) is 4.79 Å². The topological polar surface area (TPSA) is 54.0 Å². The third-order valence-corrected chi connectivity index (χ3v) is 4.81. The molecule has 2 aromatic rings. The first-order chi connectivity index (χ1) is 14.6. The molecule has 0 aliphatic carbocycles. The zero-order valence-corrected chi connectivity index (χ0v) is 18.9. The van der Waals surface area contributed by atoms with E-state index in [0.717, 1.165) is 16.7 Å². The van der Waals surface area contributed by atoms with Crippen molar-refractivity contribution in [3.05, 3.63) is 64.5 Å². The third kappa shape index (κ3) is 6.28. The highest BCUT2D eigenvalue weighted by molar-refractivity contribution is 5.73. The second kappa shape index (κ2) is 9.79. The molecular formula is C25H31FO5. The normalized spacial score (nSPS) is 14.8. The number of carbonyl (C=O) groups excluding carboxylic acids is 1. The van der Waals surface area contributed by atoms with Crippen LogP contribution in [0.25, 0.3) is 0 Å². The smallest absolute Gasteiger partial charge is 0.310 e. The monoisotopic (exact) mass is 430 g/mol. The molecule has 1 fully saturated rings. The molecule has 1 aliphatic heterocycles. The van der Waals surface area contributed by atoms with Crippen LogP contribution in [0.3, 0.4) is 0 Å². The minimum Gasteiger partial charge on any atom is -0.486 e. The molecule has 0 saturated carbocycles. The van der Waals surface area contributed by atoms with Gasteiger partial charge in [-0.15, -0.1) is 0 Å². The molecule has 5 nitrogen and oxygen atoms in total. The van der Waals surface area contributed by atoms with Gasteiger partial charge in [-0.3, -0.25) is 4.79 Å². The number of benzene rings is 2. The van der Waals surface area contributed by atoms with E-state index in [1.807, 2.05) is 65.0 Å². The molecule has 1 saturated heterocycles. The van der Waals surface area contributed by atoms with E-state index < -0.39 is 17.7 Å². The summed E-state index contributed by atoms with van der Waals surface area (Å²) in [6.45, 7) is 10.6. The fourth-order valence-electron chi connectivity index (χ4n) is 3.50. The van der Waals surface area contributed by atoms with E-state index in [2.05, 4.69) is 0 Å². The van der Waals surface area contributed by atoms with Crippen molar-refractivity contribution >= 4 is 5.97 Å². The number of hydrogen-bond acceptors (Lipinski definition) is 5. The average molecular weight is 431 g/mol. The van der Waals surface area contributed by atoms with Crippen LogP contribution < -0.4 is 4.74 Å². The number of carbonyl (C=O) groups is 1. The van der Waals surface area contributed by atoms with Gasteiger partial charge in [0.25, 0.3) is 0 Å². The van der Waals surface area contributed by atoms with Gasteiger partial charge in [-0.25, -0.2) is 4.39 Å². The Labute approximate surface area is 183 Å². The van der Waals surface area contributed by atoms with Crippen LogP contribution in [0.15, 0.2) is 36.4 Å². The second-order valence-corrected chi connectivity index (χ2v) is 8.98. The SMILES string of the molecule is CC(C)c1ccc(OCc2cccc(CC(=O)OC(C)(C)C)c2)c(F)c1C1OCCO1. The summed E-state index contributed by atoms with van der Waals surface area (Å²) in [6, 6.07) is 11.0. The molecule has 6 heteroatoms. The minimum absolute atomic E-state index is 0.121. The van der Waals surface area contributed by atoms with Crippen LogP contribution in [0, 0.1) is 5.82 Å². The van der Waals surface area contributed by atoms with Gasteiger partial charge in [0.1, 0.15) is 12.2 Å². The summed E-state index contributed by atoms with van der Waals surface area (Å²) in [5.74, 6) is -0.475. The maximum atomic E-state index is 15.3. The summed E-state index contributed by atoms with van der Waals surface area (Å²) in [4.78, 5) is 12.1. The van der Waals surface area contributed by atoms with Crippen LogP contribution in [-0.2, 0) is 32.0 Å². The van der Waals surface area contributed by atoms with Crippen molar-refractivity contribution < 1.29 is 28.1 Å². The molecule has 2 aromatic carbocycles. The summed E-state index contributed by atoms with van der Waals surface area (Å²) in [5.41, 5.74) is 2.38. The van der Waals surface area contributed by atoms with Gasteiger partial charge in [-0.2, -0.15) is 0 Å². The summed E-state index contributed by atoms with van der Waals surface area (Å²) in [6.07, 6.45) is -0.540. The van der Waals surface area contributed by atoms with Gasteiger partial charge in [0.2, 0.25) is 0 Å². The molecule has 0 unspecified atom stereocenters. The van der Waals surface area contributed by atoms with Crippen LogP contribution in [-0.4, -0.2) is 24.8 Å². The first kappa shape index (κ1) is 23.2. The van der Waals surface area contributed by atoms with Gasteiger partial charge in [0, 0.05) is 0 Å². The zero-order chi connectivity index (χ0) is 22.6. The van der Waals surface area contributed by atoms with Crippen LogP contribution in [0.1, 0.15) is 69.1 Å². The van der Waals surface area contributed by atoms with E-state index >= 15 is 4.39 Å². The zero-order valence-electron chi connectivity index (χ0n) is 18.9. The molecule has 0 spiro atoms.